The number of hydrogen-bond acceptors (Lipinski definition) is 6. The zero-order chi connectivity index (χ0) is 24.8. The van der Waals surface area contributed by atoms with Crippen molar-refractivity contribution in [3.63, 3.8) is 0 Å². The molecule has 3 saturated heterocycles. The van der Waals surface area contributed by atoms with Crippen molar-refractivity contribution in [3.8, 4) is 0 Å². The number of para-hydroxylation sites is 1. The van der Waals surface area contributed by atoms with Crippen molar-refractivity contribution in [2.24, 2.45) is 5.92 Å². The number of nitrogens with one attached hydrogen (secondary N) is 1. The van der Waals surface area contributed by atoms with E-state index in [-0.39, 0.29) is 34.8 Å². The van der Waals surface area contributed by atoms with Gasteiger partial charge in [0.1, 0.15) is 18.7 Å². The van der Waals surface area contributed by atoms with Crippen molar-refractivity contribution in [3.05, 3.63) is 52.7 Å². The first kappa shape index (κ1) is 29.0. The molecule has 0 radical (unpaired) electrons. The summed E-state index contributed by atoms with van der Waals surface area (Å²) in [5, 5.41) is 6.50. The van der Waals surface area contributed by atoms with Crippen LogP contribution in [0.3, 0.4) is 0 Å². The first-order chi connectivity index (χ1) is 16.1. The van der Waals surface area contributed by atoms with Gasteiger partial charge in [0, 0.05) is 42.3 Å². The molecule has 0 unspecified atom stereocenters. The van der Waals surface area contributed by atoms with Crippen LogP contribution in [0.2, 0.25) is 0 Å². The van der Waals surface area contributed by atoms with E-state index in [1.165, 1.54) is 6.92 Å². The number of ether oxygens (including phenoxy) is 2. The number of esters is 1. The van der Waals surface area contributed by atoms with Gasteiger partial charge in [-0.05, 0) is 44.4 Å². The monoisotopic (exact) mass is 566 g/mol. The highest BCUT2D eigenvalue weighted by molar-refractivity contribution is 7.08. The van der Waals surface area contributed by atoms with Gasteiger partial charge in [0.2, 0.25) is 5.78 Å². The number of ketones is 1. The predicted molar refractivity (Wildman–Crippen MR) is 133 cm³/mol. The number of anilines is 1. The third-order valence-corrected chi connectivity index (χ3v) is 6.78. The Labute approximate surface area is 222 Å². The fraction of sp³-hybridized carbons (Fsp3) is 0.500. The number of piperidine rings is 3. The molecular weight excluding hydrogens is 532 g/mol. The van der Waals surface area contributed by atoms with Crippen LogP contribution in [0.25, 0.3) is 0 Å². The molecule has 1 atom stereocenters. The van der Waals surface area contributed by atoms with Crippen LogP contribution in [0.1, 0.15) is 50.9 Å². The Kier molecular flexibility index (Phi) is 10.5. The third-order valence-electron chi connectivity index (χ3n) is 6.10. The maximum atomic E-state index is 12.4. The van der Waals surface area contributed by atoms with Gasteiger partial charge in [-0.15, -0.1) is 0 Å². The minimum atomic E-state index is -0.459. The maximum Gasteiger partial charge on any atom is 0.412 e. The molecule has 4 heterocycles. The van der Waals surface area contributed by atoms with Crippen molar-refractivity contribution < 1.29 is 45.3 Å². The Morgan fingerprint density at radius 1 is 1.09 bits per heavy atom. The number of thiophene rings is 1. The van der Waals surface area contributed by atoms with Crippen LogP contribution >= 0.6 is 11.3 Å². The van der Waals surface area contributed by atoms with Gasteiger partial charge in [0.15, 0.2) is 6.10 Å². The van der Waals surface area contributed by atoms with Crippen molar-refractivity contribution >= 4 is 34.9 Å². The minimum absolute atomic E-state index is 0. The van der Waals surface area contributed by atoms with E-state index >= 15 is 0 Å². The second-order valence-corrected chi connectivity index (χ2v) is 10.8. The molecule has 192 valence electrons. The Hall–Kier alpha value is -2.23. The van der Waals surface area contributed by atoms with E-state index in [9.17, 15) is 14.4 Å². The van der Waals surface area contributed by atoms with E-state index in [0.29, 0.717) is 12.5 Å². The molecule has 3 aliphatic heterocycles. The van der Waals surface area contributed by atoms with Gasteiger partial charge < -0.3 is 30.9 Å². The second-order valence-electron chi connectivity index (χ2n) is 10.0. The highest BCUT2D eigenvalue weighted by Gasteiger charge is 2.48. The molecule has 0 aliphatic carbocycles. The summed E-state index contributed by atoms with van der Waals surface area (Å²) in [6.45, 7) is 10.4. The van der Waals surface area contributed by atoms with Crippen LogP contribution in [0.5, 0.6) is 0 Å². The van der Waals surface area contributed by atoms with E-state index in [1.54, 1.807) is 11.3 Å². The summed E-state index contributed by atoms with van der Waals surface area (Å²) in [7, 11) is 0. The van der Waals surface area contributed by atoms with Crippen LogP contribution in [0.15, 0.2) is 47.2 Å². The average molecular weight is 568 g/mol. The summed E-state index contributed by atoms with van der Waals surface area (Å²) >= 11 is 1.56. The number of quaternary nitrogens is 1. The smallest absolute Gasteiger partial charge is 0.412 e. The van der Waals surface area contributed by atoms with Gasteiger partial charge in [-0.2, -0.15) is 11.3 Å². The van der Waals surface area contributed by atoms with E-state index in [0.717, 1.165) is 48.2 Å². The van der Waals surface area contributed by atoms with Crippen molar-refractivity contribution in [1.82, 2.24) is 0 Å². The van der Waals surface area contributed by atoms with Crippen molar-refractivity contribution in [2.45, 2.75) is 52.2 Å². The molecule has 2 bridgehead atoms. The van der Waals surface area contributed by atoms with E-state index in [1.807, 2.05) is 67.9 Å². The fourth-order valence-electron chi connectivity index (χ4n) is 4.55. The van der Waals surface area contributed by atoms with Crippen LogP contribution in [0.4, 0.5) is 10.5 Å². The molecule has 1 amide bonds. The average Bonchev–Trinajstić information content (AvgIpc) is 3.29. The molecule has 1 aromatic heterocycles. The van der Waals surface area contributed by atoms with E-state index < -0.39 is 11.7 Å². The zero-order valence-corrected chi connectivity index (χ0v) is 23.2. The first-order valence-electron chi connectivity index (χ1n) is 11.7. The number of amides is 1. The molecule has 7 nitrogen and oxygen atoms in total. The topological polar surface area (TPSA) is 81.7 Å². The van der Waals surface area contributed by atoms with Gasteiger partial charge in [-0.1, -0.05) is 18.2 Å². The van der Waals surface area contributed by atoms with Gasteiger partial charge in [0.25, 0.3) is 0 Å². The normalized spacial score (nSPS) is 22.6. The minimum Gasteiger partial charge on any atom is -1.00 e. The summed E-state index contributed by atoms with van der Waals surface area (Å²) < 4.78 is 11.3. The van der Waals surface area contributed by atoms with Gasteiger partial charge in [-0.25, -0.2) is 4.79 Å². The lowest BCUT2D eigenvalue weighted by Crippen LogP contribution is -3.00. The van der Waals surface area contributed by atoms with Crippen LogP contribution in [-0.2, 0) is 14.3 Å². The SMILES string of the molecule is CC(=O)O[C@H]1C[N+]2(CC(=O)c3ccsc3)CCC1CC2.CC(C)(C)OC(=O)Nc1ccccc1.[Br-]. The van der Waals surface area contributed by atoms with Crippen molar-refractivity contribution in [1.29, 1.82) is 0 Å². The molecule has 9 heteroatoms. The molecule has 3 aliphatic rings. The number of benzene rings is 1. The molecule has 0 saturated carbocycles. The molecule has 0 spiro atoms. The summed E-state index contributed by atoms with van der Waals surface area (Å²) in [6, 6.07) is 11.1. The number of fused-ring (bicyclic) bond motifs is 3. The largest absolute Gasteiger partial charge is 1.00 e. The Balaban J connectivity index is 0.000000256. The molecule has 3 fully saturated rings. The fourth-order valence-corrected chi connectivity index (χ4v) is 5.21. The number of Topliss-reactive ketones (excluding diaryl/α,β-unsaturated/α-hetero) is 1. The summed E-state index contributed by atoms with van der Waals surface area (Å²) in [6.07, 6.45) is 1.71. The van der Waals surface area contributed by atoms with Gasteiger partial charge in [0.05, 0.1) is 13.1 Å². The summed E-state index contributed by atoms with van der Waals surface area (Å²) in [5.41, 5.74) is 1.10. The van der Waals surface area contributed by atoms with Gasteiger partial charge in [-0.3, -0.25) is 14.9 Å². The Bertz CT molecular complexity index is 967. The summed E-state index contributed by atoms with van der Waals surface area (Å²) in [5.74, 6) is 0.509. The molecule has 1 aromatic carbocycles. The number of carbonyl (C=O) groups is 3. The third kappa shape index (κ3) is 9.05. The highest BCUT2D eigenvalue weighted by Crippen LogP contribution is 2.35. The Morgan fingerprint density at radius 2 is 1.74 bits per heavy atom. The number of nitrogens with zero attached hydrogens (tertiary/aromatic N) is 1. The second kappa shape index (κ2) is 12.6. The number of carbonyl (C=O) groups excluding carboxylic acids is 3. The van der Waals surface area contributed by atoms with Gasteiger partial charge >= 0.3 is 12.1 Å². The Morgan fingerprint density at radius 3 is 2.29 bits per heavy atom. The number of hydrogen-bond donors (Lipinski definition) is 1. The number of rotatable bonds is 5. The van der Waals surface area contributed by atoms with Crippen molar-refractivity contribution in [2.75, 3.05) is 31.5 Å². The lowest BCUT2D eigenvalue weighted by molar-refractivity contribution is -0.938. The maximum absolute atomic E-state index is 12.4. The highest BCUT2D eigenvalue weighted by atomic mass is 79.9. The quantitative estimate of drug-likeness (QED) is 0.340. The lowest BCUT2D eigenvalue weighted by Gasteiger charge is -2.51. The standard InChI is InChI=1S/C15H20NO3S.C11H15NO2.BrH/c1-11(17)19-15-9-16(5-2-12(15)3-6-16)8-14(18)13-4-7-20-10-13;1-11(2,3)14-10(13)12-9-7-5-4-6-8-9;/h4,7,10,12,15H,2-3,5-6,8-9H2,1H3;4-8H,1-3H3,(H,12,13);1H/q+1;;/p-1/t12?,15-,16?;;/m0../s1. The first-order valence-corrected chi connectivity index (χ1v) is 12.6. The number of halogens is 1. The van der Waals surface area contributed by atoms with Crippen LogP contribution in [0, 0.1) is 5.92 Å². The van der Waals surface area contributed by atoms with E-state index in [2.05, 4.69) is 5.32 Å². The molecule has 1 N–H and O–H groups in total. The molecule has 5 rings (SSSR count). The van der Waals surface area contributed by atoms with Crippen LogP contribution in [-0.4, -0.2) is 60.2 Å². The molecular formula is C26H35BrN2O5S. The van der Waals surface area contributed by atoms with Crippen LogP contribution < -0.4 is 22.3 Å². The summed E-state index contributed by atoms with van der Waals surface area (Å²) in [4.78, 5) is 34.9. The lowest BCUT2D eigenvalue weighted by atomic mass is 9.83. The molecule has 35 heavy (non-hydrogen) atoms. The zero-order valence-electron chi connectivity index (χ0n) is 20.8. The predicted octanol–water partition coefficient (Wildman–Crippen LogP) is 2.14. The van der Waals surface area contributed by atoms with E-state index in [4.69, 9.17) is 9.47 Å². The molecule has 2 aromatic rings.